The van der Waals surface area contributed by atoms with Crippen LogP contribution in [0.15, 0.2) is 47.4 Å². The van der Waals surface area contributed by atoms with Gasteiger partial charge in [0, 0.05) is 5.92 Å². The first kappa shape index (κ1) is 20.2. The van der Waals surface area contributed by atoms with E-state index in [1.807, 2.05) is 0 Å². The molecule has 1 aliphatic rings. The Morgan fingerprint density at radius 2 is 1.89 bits per heavy atom. The standard InChI is InChI=1S/C19H18F3NO4S/c1-2-28(26,27)11-7-8-17(24)16(9-11)23-18(25)14-10-13(14)12-5-3-4-6-15(12)19(20,21)22/h3-9,13-14,24H,2,10H2,1H3,(H,23,25). The summed E-state index contributed by atoms with van der Waals surface area (Å²) in [5.74, 6) is -2.30. The molecule has 2 unspecified atom stereocenters. The van der Waals surface area contributed by atoms with Gasteiger partial charge in [0.25, 0.3) is 0 Å². The van der Waals surface area contributed by atoms with Crippen molar-refractivity contribution in [2.24, 2.45) is 5.92 Å². The highest BCUT2D eigenvalue weighted by molar-refractivity contribution is 7.91. The Balaban J connectivity index is 1.79. The zero-order chi connectivity index (χ0) is 20.7. The number of carbonyl (C=O) groups excluding carboxylic acids is 1. The third-order valence-corrected chi connectivity index (χ3v) is 6.49. The number of phenols is 1. The fourth-order valence-electron chi connectivity index (χ4n) is 3.11. The second kappa shape index (κ2) is 7.12. The lowest BCUT2D eigenvalue weighted by molar-refractivity contribution is -0.138. The highest BCUT2D eigenvalue weighted by atomic mass is 32.2. The summed E-state index contributed by atoms with van der Waals surface area (Å²) in [6.45, 7) is 1.47. The van der Waals surface area contributed by atoms with Crippen LogP contribution in [0.4, 0.5) is 18.9 Å². The SMILES string of the molecule is CCS(=O)(=O)c1ccc(O)c(NC(=O)C2CC2c2ccccc2C(F)(F)F)c1. The summed E-state index contributed by atoms with van der Waals surface area (Å²) >= 11 is 0. The largest absolute Gasteiger partial charge is 0.506 e. The van der Waals surface area contributed by atoms with Crippen LogP contribution in [0.5, 0.6) is 5.75 Å². The number of hydrogen-bond donors (Lipinski definition) is 2. The highest BCUT2D eigenvalue weighted by Gasteiger charge is 2.48. The van der Waals surface area contributed by atoms with Crippen molar-refractivity contribution in [3.63, 3.8) is 0 Å². The van der Waals surface area contributed by atoms with Crippen molar-refractivity contribution in [1.82, 2.24) is 0 Å². The van der Waals surface area contributed by atoms with Crippen molar-refractivity contribution in [3.05, 3.63) is 53.6 Å². The first-order valence-electron chi connectivity index (χ1n) is 8.57. The fraction of sp³-hybridized carbons (Fsp3) is 0.316. The van der Waals surface area contributed by atoms with Crippen molar-refractivity contribution in [2.75, 3.05) is 11.1 Å². The van der Waals surface area contributed by atoms with Gasteiger partial charge in [-0.3, -0.25) is 4.79 Å². The van der Waals surface area contributed by atoms with E-state index < -0.39 is 39.3 Å². The minimum absolute atomic E-state index is 0.0571. The number of aromatic hydroxyl groups is 1. The van der Waals surface area contributed by atoms with Crippen LogP contribution >= 0.6 is 0 Å². The molecule has 28 heavy (non-hydrogen) atoms. The molecule has 1 fully saturated rings. The number of hydrogen-bond acceptors (Lipinski definition) is 4. The predicted molar refractivity (Wildman–Crippen MR) is 96.8 cm³/mol. The number of halogens is 3. The highest BCUT2D eigenvalue weighted by Crippen LogP contribution is 2.51. The molecule has 1 saturated carbocycles. The van der Waals surface area contributed by atoms with Crippen molar-refractivity contribution < 1.29 is 31.5 Å². The minimum Gasteiger partial charge on any atom is -0.506 e. The lowest BCUT2D eigenvalue weighted by atomic mass is 10.0. The van der Waals surface area contributed by atoms with Crippen LogP contribution < -0.4 is 5.32 Å². The van der Waals surface area contributed by atoms with E-state index in [1.54, 1.807) is 0 Å². The number of phenolic OH excluding ortho intramolecular Hbond substituents is 1. The van der Waals surface area contributed by atoms with Gasteiger partial charge in [0.15, 0.2) is 9.84 Å². The van der Waals surface area contributed by atoms with Crippen LogP contribution in [0.3, 0.4) is 0 Å². The summed E-state index contributed by atoms with van der Waals surface area (Å²) < 4.78 is 63.4. The lowest BCUT2D eigenvalue weighted by Gasteiger charge is -2.13. The van der Waals surface area contributed by atoms with Gasteiger partial charge in [0.05, 0.1) is 21.9 Å². The zero-order valence-electron chi connectivity index (χ0n) is 14.8. The molecule has 1 aliphatic carbocycles. The van der Waals surface area contributed by atoms with E-state index in [9.17, 15) is 31.5 Å². The van der Waals surface area contributed by atoms with E-state index in [0.29, 0.717) is 0 Å². The van der Waals surface area contributed by atoms with Crippen LogP contribution in [0, 0.1) is 5.92 Å². The van der Waals surface area contributed by atoms with Crippen molar-refractivity contribution in [2.45, 2.75) is 30.3 Å². The summed E-state index contributed by atoms with van der Waals surface area (Å²) in [6, 6.07) is 8.64. The molecule has 9 heteroatoms. The molecule has 5 nitrogen and oxygen atoms in total. The van der Waals surface area contributed by atoms with Gasteiger partial charge in [0.1, 0.15) is 5.75 Å². The smallest absolute Gasteiger partial charge is 0.416 e. The number of amides is 1. The number of alkyl halides is 3. The summed E-state index contributed by atoms with van der Waals surface area (Å²) in [6.07, 6.45) is -4.27. The van der Waals surface area contributed by atoms with Gasteiger partial charge in [-0.25, -0.2) is 8.42 Å². The number of sulfone groups is 1. The Morgan fingerprint density at radius 1 is 1.21 bits per heavy atom. The molecule has 0 spiro atoms. The van der Waals surface area contributed by atoms with Gasteiger partial charge in [-0.15, -0.1) is 0 Å². The van der Waals surface area contributed by atoms with Crippen LogP contribution in [-0.4, -0.2) is 25.2 Å². The van der Waals surface area contributed by atoms with Gasteiger partial charge in [0.2, 0.25) is 5.91 Å². The van der Waals surface area contributed by atoms with E-state index in [1.165, 1.54) is 31.2 Å². The van der Waals surface area contributed by atoms with E-state index in [2.05, 4.69) is 5.32 Å². The van der Waals surface area contributed by atoms with Gasteiger partial charge < -0.3 is 10.4 Å². The third-order valence-electron chi connectivity index (χ3n) is 4.76. The molecule has 2 atom stereocenters. The zero-order valence-corrected chi connectivity index (χ0v) is 15.6. The van der Waals surface area contributed by atoms with E-state index >= 15 is 0 Å². The summed E-state index contributed by atoms with van der Waals surface area (Å²) in [4.78, 5) is 12.4. The van der Waals surface area contributed by atoms with E-state index in [0.717, 1.165) is 18.2 Å². The maximum Gasteiger partial charge on any atom is 0.416 e. The number of rotatable bonds is 5. The van der Waals surface area contributed by atoms with E-state index in [4.69, 9.17) is 0 Å². The third kappa shape index (κ3) is 3.99. The Morgan fingerprint density at radius 3 is 2.54 bits per heavy atom. The Bertz CT molecular complexity index is 1020. The molecule has 3 rings (SSSR count). The molecule has 2 N–H and O–H groups in total. The van der Waals surface area contributed by atoms with Gasteiger partial charge >= 0.3 is 6.18 Å². The molecule has 1 amide bonds. The molecular formula is C19H18F3NO4S. The Labute approximate surface area is 160 Å². The number of carbonyl (C=O) groups is 1. The maximum absolute atomic E-state index is 13.2. The van der Waals surface area contributed by atoms with Gasteiger partial charge in [-0.1, -0.05) is 25.1 Å². The number of nitrogens with one attached hydrogen (secondary N) is 1. The first-order chi connectivity index (χ1) is 13.0. The Kier molecular flexibility index (Phi) is 5.14. The second-order valence-electron chi connectivity index (χ2n) is 6.61. The molecule has 0 radical (unpaired) electrons. The first-order valence-corrected chi connectivity index (χ1v) is 10.2. The molecular weight excluding hydrogens is 395 g/mol. The quantitative estimate of drug-likeness (QED) is 0.727. The molecule has 0 heterocycles. The minimum atomic E-state index is -4.51. The molecule has 0 saturated heterocycles. The fourth-order valence-corrected chi connectivity index (χ4v) is 4.01. The van der Waals surface area contributed by atoms with Gasteiger partial charge in [-0.05, 0) is 42.2 Å². The van der Waals surface area contributed by atoms with Crippen LogP contribution in [0.2, 0.25) is 0 Å². The average Bonchev–Trinajstić information content (AvgIpc) is 3.43. The molecule has 0 aromatic heterocycles. The molecule has 0 aliphatic heterocycles. The molecule has 0 bridgehead atoms. The topological polar surface area (TPSA) is 83.5 Å². The number of anilines is 1. The summed E-state index contributed by atoms with van der Waals surface area (Å²) in [5, 5.41) is 12.3. The molecule has 150 valence electrons. The lowest BCUT2D eigenvalue weighted by Crippen LogP contribution is -2.16. The molecule has 2 aromatic carbocycles. The summed E-state index contributed by atoms with van der Waals surface area (Å²) in [7, 11) is -3.54. The second-order valence-corrected chi connectivity index (χ2v) is 8.88. The average molecular weight is 413 g/mol. The van der Waals surface area contributed by atoms with Crippen LogP contribution in [0.1, 0.15) is 30.4 Å². The van der Waals surface area contributed by atoms with Crippen LogP contribution in [0.25, 0.3) is 0 Å². The molecule has 2 aromatic rings. The normalized spacial score (nSPS) is 19.3. The predicted octanol–water partition coefficient (Wildman–Crippen LogP) is 3.95. The summed E-state index contributed by atoms with van der Waals surface area (Å²) in [5.41, 5.74) is -0.801. The van der Waals surface area contributed by atoms with Crippen molar-refractivity contribution in [1.29, 1.82) is 0 Å². The van der Waals surface area contributed by atoms with E-state index in [-0.39, 0.29) is 34.1 Å². The monoisotopic (exact) mass is 413 g/mol. The Hall–Kier alpha value is -2.55. The maximum atomic E-state index is 13.2. The van der Waals surface area contributed by atoms with Crippen molar-refractivity contribution in [3.8, 4) is 5.75 Å². The van der Waals surface area contributed by atoms with Crippen molar-refractivity contribution >= 4 is 21.4 Å². The van der Waals surface area contributed by atoms with Crippen LogP contribution in [-0.2, 0) is 20.8 Å². The number of benzene rings is 2. The van der Waals surface area contributed by atoms with Gasteiger partial charge in [-0.2, -0.15) is 13.2 Å².